The molecule has 0 fully saturated rings. The Morgan fingerprint density at radius 1 is 1.28 bits per heavy atom. The largest absolute Gasteiger partial charge is 0.508 e. The van der Waals surface area contributed by atoms with Gasteiger partial charge in [0.15, 0.2) is 5.78 Å². The number of ketones is 1. The number of fused-ring (bicyclic) bond motifs is 1. The fourth-order valence-electron chi connectivity index (χ4n) is 3.18. The van der Waals surface area contributed by atoms with Gasteiger partial charge in [-0.25, -0.2) is 0 Å². The number of phenols is 1. The highest BCUT2D eigenvalue weighted by Crippen LogP contribution is 2.35. The number of pyridine rings is 1. The van der Waals surface area contributed by atoms with E-state index in [4.69, 9.17) is 4.74 Å². The highest BCUT2D eigenvalue weighted by molar-refractivity contribution is 7.98. The first kappa shape index (κ1) is 21.0. The Balaban J connectivity index is 2.12. The van der Waals surface area contributed by atoms with Crippen molar-refractivity contribution in [3.05, 3.63) is 53.7 Å². The van der Waals surface area contributed by atoms with Gasteiger partial charge in [-0.2, -0.15) is 11.8 Å². The molecule has 2 N–H and O–H groups in total. The molecule has 1 aromatic heterocycles. The van der Waals surface area contributed by atoms with E-state index in [9.17, 15) is 9.90 Å². The van der Waals surface area contributed by atoms with Crippen LogP contribution in [0, 0.1) is 6.92 Å². The zero-order chi connectivity index (χ0) is 20.8. The summed E-state index contributed by atoms with van der Waals surface area (Å²) in [5, 5.41) is 14.0. The van der Waals surface area contributed by atoms with Crippen LogP contribution in [0.2, 0.25) is 0 Å². The lowest BCUT2D eigenvalue weighted by Crippen LogP contribution is -2.07. The van der Waals surface area contributed by atoms with Crippen LogP contribution in [0.1, 0.15) is 35.7 Å². The third-order valence-electron chi connectivity index (χ3n) is 4.65. The third-order valence-corrected chi connectivity index (χ3v) is 5.23. The van der Waals surface area contributed by atoms with Gasteiger partial charge in [0, 0.05) is 29.4 Å². The number of phenolic OH excluding ortho intramolecular Hbond substituents is 1. The summed E-state index contributed by atoms with van der Waals surface area (Å²) in [4.78, 5) is 17.3. The zero-order valence-corrected chi connectivity index (χ0v) is 17.8. The number of aromatic hydroxyl groups is 1. The molecule has 2 aromatic carbocycles. The molecule has 0 aliphatic carbocycles. The van der Waals surface area contributed by atoms with Gasteiger partial charge in [-0.1, -0.05) is 19.1 Å². The van der Waals surface area contributed by atoms with Gasteiger partial charge in [-0.05, 0) is 49.4 Å². The number of nitrogens with one attached hydrogen (secondary N) is 1. The summed E-state index contributed by atoms with van der Waals surface area (Å²) < 4.78 is 5.92. The lowest BCUT2D eigenvalue weighted by atomic mass is 10.0. The minimum Gasteiger partial charge on any atom is -0.508 e. The van der Waals surface area contributed by atoms with Crippen molar-refractivity contribution in [2.45, 2.75) is 26.7 Å². The van der Waals surface area contributed by atoms with Crippen molar-refractivity contribution < 1.29 is 14.6 Å². The van der Waals surface area contributed by atoms with Crippen LogP contribution in [0.4, 0.5) is 11.4 Å². The van der Waals surface area contributed by atoms with Gasteiger partial charge in [-0.3, -0.25) is 9.78 Å². The van der Waals surface area contributed by atoms with Crippen LogP contribution in [0.3, 0.4) is 0 Å². The van der Waals surface area contributed by atoms with Crippen molar-refractivity contribution in [1.29, 1.82) is 0 Å². The van der Waals surface area contributed by atoms with E-state index in [1.165, 1.54) is 0 Å². The van der Waals surface area contributed by atoms with E-state index in [0.29, 0.717) is 24.3 Å². The quantitative estimate of drug-likeness (QED) is 0.267. The molecule has 0 saturated carbocycles. The number of Topliss-reactive ketones (excluding diaryl/α,β-unsaturated/α-hetero) is 1. The fraction of sp³-hybridized carbons (Fsp3) is 0.304. The predicted octanol–water partition coefficient (Wildman–Crippen LogP) is 5.72. The number of thioether (sulfide) groups is 1. The standard InChI is InChI=1S/C23H26N2O3S/c1-4-6-20(27)18-14-24-23-17(7-5-8-21(23)28-11-12-29-3)22(18)25-19-10-9-16(26)13-15(19)2/h5,7-10,13-14,26H,4,6,11-12H2,1-3H3,(H,24,25). The first-order valence-electron chi connectivity index (χ1n) is 9.68. The number of aromatic nitrogens is 1. The van der Waals surface area contributed by atoms with Crippen molar-refractivity contribution in [3.8, 4) is 11.5 Å². The number of carbonyl (C=O) groups is 1. The third kappa shape index (κ3) is 4.82. The normalized spacial score (nSPS) is 10.9. The van der Waals surface area contributed by atoms with E-state index < -0.39 is 0 Å². The summed E-state index contributed by atoms with van der Waals surface area (Å²) >= 11 is 1.72. The molecule has 0 saturated heterocycles. The number of rotatable bonds is 9. The van der Waals surface area contributed by atoms with Gasteiger partial charge >= 0.3 is 0 Å². The molecule has 0 radical (unpaired) electrons. The second-order valence-electron chi connectivity index (χ2n) is 6.84. The van der Waals surface area contributed by atoms with Crippen molar-refractivity contribution >= 4 is 39.8 Å². The Kier molecular flexibility index (Phi) is 6.99. The Morgan fingerprint density at radius 2 is 2.10 bits per heavy atom. The number of ether oxygens (including phenoxy) is 1. The lowest BCUT2D eigenvalue weighted by molar-refractivity contribution is 0.0982. The molecule has 152 valence electrons. The highest BCUT2D eigenvalue weighted by atomic mass is 32.2. The number of anilines is 2. The molecule has 1 heterocycles. The molecule has 0 aliphatic rings. The first-order chi connectivity index (χ1) is 14.0. The van der Waals surface area contributed by atoms with Crippen LogP contribution in [0.15, 0.2) is 42.6 Å². The van der Waals surface area contributed by atoms with E-state index in [2.05, 4.69) is 10.3 Å². The maximum absolute atomic E-state index is 12.8. The summed E-state index contributed by atoms with van der Waals surface area (Å²) in [6, 6.07) is 10.9. The monoisotopic (exact) mass is 410 g/mol. The van der Waals surface area contributed by atoms with Crippen LogP contribution in [-0.2, 0) is 0 Å². The van der Waals surface area contributed by atoms with Gasteiger partial charge in [0.25, 0.3) is 0 Å². The topological polar surface area (TPSA) is 71.5 Å². The van der Waals surface area contributed by atoms with E-state index >= 15 is 0 Å². The van der Waals surface area contributed by atoms with Crippen molar-refractivity contribution in [2.24, 2.45) is 0 Å². The van der Waals surface area contributed by atoms with Crippen LogP contribution >= 0.6 is 11.8 Å². The summed E-state index contributed by atoms with van der Waals surface area (Å²) in [6.45, 7) is 4.50. The molecule has 0 aliphatic heterocycles. The summed E-state index contributed by atoms with van der Waals surface area (Å²) in [6.07, 6.45) is 4.91. The molecule has 0 bridgehead atoms. The minimum absolute atomic E-state index is 0.0505. The molecule has 5 nitrogen and oxygen atoms in total. The Labute approximate surface area is 175 Å². The number of para-hydroxylation sites is 1. The molecule has 0 unspecified atom stereocenters. The molecule has 6 heteroatoms. The summed E-state index contributed by atoms with van der Waals surface area (Å²) in [5.74, 6) is 1.85. The predicted molar refractivity (Wildman–Crippen MR) is 121 cm³/mol. The fourth-order valence-corrected chi connectivity index (χ4v) is 3.43. The number of benzene rings is 2. The van der Waals surface area contributed by atoms with Gasteiger partial charge in [-0.15, -0.1) is 0 Å². The number of hydrogen-bond donors (Lipinski definition) is 2. The van der Waals surface area contributed by atoms with Crippen LogP contribution < -0.4 is 10.1 Å². The maximum Gasteiger partial charge on any atom is 0.166 e. The molecule has 0 atom stereocenters. The van der Waals surface area contributed by atoms with Crippen LogP contribution in [-0.4, -0.2) is 34.5 Å². The number of carbonyl (C=O) groups excluding carboxylic acids is 1. The molecule has 3 rings (SSSR count). The maximum atomic E-state index is 12.8. The SMILES string of the molecule is CCCC(=O)c1cnc2c(OCCSC)cccc2c1Nc1ccc(O)cc1C. The van der Waals surface area contributed by atoms with Gasteiger partial charge in [0.1, 0.15) is 17.0 Å². The molecular formula is C23H26N2O3S. The molecule has 0 amide bonds. The minimum atomic E-state index is 0.0505. The van der Waals surface area contributed by atoms with E-state index in [1.54, 1.807) is 30.1 Å². The molecule has 0 spiro atoms. The van der Waals surface area contributed by atoms with E-state index in [1.807, 2.05) is 44.4 Å². The zero-order valence-electron chi connectivity index (χ0n) is 17.0. The number of nitrogens with zero attached hydrogens (tertiary/aromatic N) is 1. The van der Waals surface area contributed by atoms with Gasteiger partial charge in [0.05, 0.1) is 17.9 Å². The second kappa shape index (κ2) is 9.65. The van der Waals surface area contributed by atoms with Crippen LogP contribution in [0.25, 0.3) is 10.9 Å². The summed E-state index contributed by atoms with van der Waals surface area (Å²) in [5.41, 5.74) is 3.72. The van der Waals surface area contributed by atoms with E-state index in [0.717, 1.165) is 40.0 Å². The van der Waals surface area contributed by atoms with E-state index in [-0.39, 0.29) is 11.5 Å². The lowest BCUT2D eigenvalue weighted by Gasteiger charge is -2.17. The summed E-state index contributed by atoms with van der Waals surface area (Å²) in [7, 11) is 0. The Hall–Kier alpha value is -2.73. The average molecular weight is 411 g/mol. The first-order valence-corrected chi connectivity index (χ1v) is 11.1. The molecule has 29 heavy (non-hydrogen) atoms. The number of hydrogen-bond acceptors (Lipinski definition) is 6. The smallest absolute Gasteiger partial charge is 0.166 e. The second-order valence-corrected chi connectivity index (χ2v) is 7.82. The molecular weight excluding hydrogens is 384 g/mol. The van der Waals surface area contributed by atoms with Gasteiger partial charge in [0.2, 0.25) is 0 Å². The van der Waals surface area contributed by atoms with Crippen LogP contribution in [0.5, 0.6) is 11.5 Å². The highest BCUT2D eigenvalue weighted by Gasteiger charge is 2.18. The number of aryl methyl sites for hydroxylation is 1. The van der Waals surface area contributed by atoms with Gasteiger partial charge < -0.3 is 15.2 Å². The van der Waals surface area contributed by atoms with Crippen molar-refractivity contribution in [3.63, 3.8) is 0 Å². The Morgan fingerprint density at radius 3 is 2.83 bits per heavy atom. The molecule has 3 aromatic rings. The van der Waals surface area contributed by atoms with Crippen molar-refractivity contribution in [1.82, 2.24) is 4.98 Å². The Bertz CT molecular complexity index is 1020. The van der Waals surface area contributed by atoms with Crippen molar-refractivity contribution in [2.75, 3.05) is 23.9 Å². The average Bonchev–Trinajstić information content (AvgIpc) is 2.70.